The van der Waals surface area contributed by atoms with Crippen molar-refractivity contribution in [3.63, 3.8) is 0 Å². The van der Waals surface area contributed by atoms with Crippen LogP contribution in [-0.2, 0) is 4.74 Å². The number of aromatic nitrogens is 2. The molecule has 0 amide bonds. The van der Waals surface area contributed by atoms with Crippen molar-refractivity contribution in [2.24, 2.45) is 0 Å². The summed E-state index contributed by atoms with van der Waals surface area (Å²) in [5.74, 6) is 0. The van der Waals surface area contributed by atoms with Gasteiger partial charge >= 0.3 is 0 Å². The van der Waals surface area contributed by atoms with E-state index < -0.39 is 0 Å². The Bertz CT molecular complexity index is 560. The molecule has 21 heavy (non-hydrogen) atoms. The van der Waals surface area contributed by atoms with E-state index in [1.807, 2.05) is 29.1 Å². The summed E-state index contributed by atoms with van der Waals surface area (Å²) in [7, 11) is 1.72. The van der Waals surface area contributed by atoms with E-state index in [1.54, 1.807) is 7.11 Å². The van der Waals surface area contributed by atoms with Crippen LogP contribution in [0.4, 0.5) is 0 Å². The summed E-state index contributed by atoms with van der Waals surface area (Å²) >= 11 is 0. The molecule has 0 spiro atoms. The SMILES string of the molecule is COCCNCC/C=C(/C)c1ccnn1-c1ccccc1. The van der Waals surface area contributed by atoms with Gasteiger partial charge in [0.2, 0.25) is 0 Å². The Hall–Kier alpha value is -1.91. The van der Waals surface area contributed by atoms with E-state index in [9.17, 15) is 0 Å². The quantitative estimate of drug-likeness (QED) is 0.758. The molecule has 0 unspecified atom stereocenters. The fourth-order valence-corrected chi connectivity index (χ4v) is 2.17. The smallest absolute Gasteiger partial charge is 0.0694 e. The van der Waals surface area contributed by atoms with Crippen LogP contribution in [0.25, 0.3) is 11.3 Å². The molecule has 0 saturated carbocycles. The van der Waals surface area contributed by atoms with E-state index >= 15 is 0 Å². The van der Waals surface area contributed by atoms with Gasteiger partial charge in [0, 0.05) is 13.7 Å². The van der Waals surface area contributed by atoms with Gasteiger partial charge in [-0.2, -0.15) is 5.10 Å². The fraction of sp³-hybridized carbons (Fsp3) is 0.353. The van der Waals surface area contributed by atoms with Crippen molar-refractivity contribution < 1.29 is 4.74 Å². The molecular weight excluding hydrogens is 262 g/mol. The molecular formula is C17H23N3O. The highest BCUT2D eigenvalue weighted by atomic mass is 16.5. The van der Waals surface area contributed by atoms with Crippen LogP contribution in [0.5, 0.6) is 0 Å². The molecule has 4 nitrogen and oxygen atoms in total. The third-order valence-corrected chi connectivity index (χ3v) is 3.30. The third-order valence-electron chi connectivity index (χ3n) is 3.30. The number of para-hydroxylation sites is 1. The normalized spacial score (nSPS) is 11.8. The first-order valence-electron chi connectivity index (χ1n) is 7.29. The van der Waals surface area contributed by atoms with E-state index in [0.717, 1.165) is 37.5 Å². The van der Waals surface area contributed by atoms with Gasteiger partial charge in [0.1, 0.15) is 0 Å². The van der Waals surface area contributed by atoms with Crippen LogP contribution in [-0.4, -0.2) is 36.6 Å². The van der Waals surface area contributed by atoms with Gasteiger partial charge in [-0.1, -0.05) is 24.3 Å². The minimum absolute atomic E-state index is 0.753. The molecule has 0 atom stereocenters. The molecule has 2 rings (SSSR count). The molecule has 2 aromatic rings. The van der Waals surface area contributed by atoms with Gasteiger partial charge in [-0.15, -0.1) is 0 Å². The van der Waals surface area contributed by atoms with Crippen LogP contribution in [0, 0.1) is 0 Å². The Kier molecular flexibility index (Phi) is 6.19. The van der Waals surface area contributed by atoms with Crippen molar-refractivity contribution in [2.75, 3.05) is 26.8 Å². The zero-order valence-corrected chi connectivity index (χ0v) is 12.7. The fourth-order valence-electron chi connectivity index (χ4n) is 2.17. The van der Waals surface area contributed by atoms with Crippen molar-refractivity contribution in [1.29, 1.82) is 0 Å². The summed E-state index contributed by atoms with van der Waals surface area (Å²) in [6, 6.07) is 12.3. The summed E-state index contributed by atoms with van der Waals surface area (Å²) in [6.45, 7) is 4.74. The summed E-state index contributed by atoms with van der Waals surface area (Å²) in [6.07, 6.45) is 5.09. The van der Waals surface area contributed by atoms with E-state index in [4.69, 9.17) is 4.74 Å². The number of ether oxygens (including phenoxy) is 1. The highest BCUT2D eigenvalue weighted by Crippen LogP contribution is 2.18. The first-order chi connectivity index (χ1) is 10.3. The summed E-state index contributed by atoms with van der Waals surface area (Å²) in [5.41, 5.74) is 3.46. The van der Waals surface area contributed by atoms with Crippen LogP contribution in [0.2, 0.25) is 0 Å². The van der Waals surface area contributed by atoms with Crippen molar-refractivity contribution >= 4 is 5.57 Å². The number of nitrogens with one attached hydrogen (secondary N) is 1. The van der Waals surface area contributed by atoms with Gasteiger partial charge in [0.15, 0.2) is 0 Å². The second kappa shape index (κ2) is 8.39. The molecule has 0 aliphatic heterocycles. The molecule has 0 saturated heterocycles. The van der Waals surface area contributed by atoms with Crippen LogP contribution < -0.4 is 5.32 Å². The molecule has 0 bridgehead atoms. The van der Waals surface area contributed by atoms with E-state index in [1.165, 1.54) is 5.57 Å². The maximum absolute atomic E-state index is 5.00. The highest BCUT2D eigenvalue weighted by molar-refractivity contribution is 5.62. The molecule has 4 heteroatoms. The molecule has 0 radical (unpaired) electrons. The van der Waals surface area contributed by atoms with Gasteiger partial charge in [0.05, 0.1) is 24.2 Å². The van der Waals surface area contributed by atoms with Crippen molar-refractivity contribution in [3.8, 4) is 5.69 Å². The first-order valence-corrected chi connectivity index (χ1v) is 7.29. The number of methoxy groups -OCH3 is 1. The molecule has 0 aliphatic carbocycles. The molecule has 0 fully saturated rings. The maximum Gasteiger partial charge on any atom is 0.0694 e. The summed E-state index contributed by atoms with van der Waals surface area (Å²) in [4.78, 5) is 0. The molecule has 112 valence electrons. The Morgan fingerprint density at radius 3 is 2.81 bits per heavy atom. The zero-order valence-electron chi connectivity index (χ0n) is 12.7. The molecule has 1 heterocycles. The van der Waals surface area contributed by atoms with E-state index in [0.29, 0.717) is 0 Å². The van der Waals surface area contributed by atoms with Gasteiger partial charge < -0.3 is 10.1 Å². The van der Waals surface area contributed by atoms with Gasteiger partial charge in [-0.3, -0.25) is 0 Å². The topological polar surface area (TPSA) is 39.1 Å². The number of benzene rings is 1. The van der Waals surface area contributed by atoms with Crippen LogP contribution in [0.1, 0.15) is 19.0 Å². The minimum Gasteiger partial charge on any atom is -0.383 e. The summed E-state index contributed by atoms with van der Waals surface area (Å²) < 4.78 is 6.98. The predicted octanol–water partition coefficient (Wildman–Crippen LogP) is 2.90. The number of rotatable bonds is 8. The Morgan fingerprint density at radius 1 is 1.24 bits per heavy atom. The van der Waals surface area contributed by atoms with Crippen molar-refractivity contribution in [3.05, 3.63) is 54.4 Å². The lowest BCUT2D eigenvalue weighted by molar-refractivity contribution is 0.199. The highest BCUT2D eigenvalue weighted by Gasteiger charge is 2.05. The van der Waals surface area contributed by atoms with Crippen molar-refractivity contribution in [1.82, 2.24) is 15.1 Å². The second-order valence-electron chi connectivity index (χ2n) is 4.88. The molecule has 0 aliphatic rings. The number of hydrogen-bond donors (Lipinski definition) is 1. The Balaban J connectivity index is 1.97. The van der Waals surface area contributed by atoms with Crippen molar-refractivity contribution in [2.45, 2.75) is 13.3 Å². The average Bonchev–Trinajstić information content (AvgIpc) is 3.01. The second-order valence-corrected chi connectivity index (χ2v) is 4.88. The minimum atomic E-state index is 0.753. The van der Waals surface area contributed by atoms with E-state index in [2.05, 4.69) is 41.6 Å². The standard InChI is InChI=1S/C17H23N3O/c1-15(7-6-11-18-13-14-21-2)17-10-12-19-20(17)16-8-4-3-5-9-16/h3-5,7-10,12,18H,6,11,13-14H2,1-2H3/b15-7-. The molecule has 1 N–H and O–H groups in total. The molecule has 1 aromatic carbocycles. The monoisotopic (exact) mass is 285 g/mol. The predicted molar refractivity (Wildman–Crippen MR) is 86.6 cm³/mol. The lowest BCUT2D eigenvalue weighted by Crippen LogP contribution is -2.19. The van der Waals surface area contributed by atoms with Crippen LogP contribution >= 0.6 is 0 Å². The number of hydrogen-bond acceptors (Lipinski definition) is 3. The number of allylic oxidation sites excluding steroid dienone is 1. The van der Waals surface area contributed by atoms with E-state index in [-0.39, 0.29) is 0 Å². The Morgan fingerprint density at radius 2 is 2.05 bits per heavy atom. The zero-order chi connectivity index (χ0) is 14.9. The largest absolute Gasteiger partial charge is 0.383 e. The molecule has 1 aromatic heterocycles. The van der Waals surface area contributed by atoms with Gasteiger partial charge in [-0.05, 0) is 43.7 Å². The van der Waals surface area contributed by atoms with Gasteiger partial charge in [-0.25, -0.2) is 4.68 Å². The average molecular weight is 285 g/mol. The van der Waals surface area contributed by atoms with Crippen LogP contribution in [0.3, 0.4) is 0 Å². The number of nitrogens with zero attached hydrogens (tertiary/aromatic N) is 2. The third kappa shape index (κ3) is 4.55. The summed E-state index contributed by atoms with van der Waals surface area (Å²) in [5, 5.41) is 7.76. The first kappa shape index (κ1) is 15.5. The van der Waals surface area contributed by atoms with Crippen LogP contribution in [0.15, 0.2) is 48.7 Å². The lowest BCUT2D eigenvalue weighted by Gasteiger charge is -2.08. The Labute approximate surface area is 126 Å². The maximum atomic E-state index is 5.00. The van der Waals surface area contributed by atoms with Gasteiger partial charge in [0.25, 0.3) is 0 Å². The lowest BCUT2D eigenvalue weighted by atomic mass is 10.1.